The summed E-state index contributed by atoms with van der Waals surface area (Å²) in [7, 11) is 0. The molecule has 28 heavy (non-hydrogen) atoms. The van der Waals surface area contributed by atoms with Crippen molar-refractivity contribution in [2.24, 2.45) is 0 Å². The van der Waals surface area contributed by atoms with Crippen LogP contribution in [0.3, 0.4) is 0 Å². The smallest absolute Gasteiger partial charge is 0.253 e. The number of benzene rings is 2. The molecule has 1 aromatic heterocycles. The lowest BCUT2D eigenvalue weighted by molar-refractivity contribution is 0.0563. The fourth-order valence-electron chi connectivity index (χ4n) is 3.54. The second kappa shape index (κ2) is 8.40. The van der Waals surface area contributed by atoms with E-state index in [9.17, 15) is 4.79 Å². The van der Waals surface area contributed by atoms with Crippen LogP contribution in [-0.4, -0.2) is 46.4 Å². The van der Waals surface area contributed by atoms with Gasteiger partial charge in [0.25, 0.3) is 5.91 Å². The van der Waals surface area contributed by atoms with Gasteiger partial charge in [-0.05, 0) is 36.6 Å². The van der Waals surface area contributed by atoms with Gasteiger partial charge < -0.3 is 9.64 Å². The maximum atomic E-state index is 12.8. The molecule has 0 N–H and O–H groups in total. The van der Waals surface area contributed by atoms with Gasteiger partial charge in [0.1, 0.15) is 0 Å². The van der Waals surface area contributed by atoms with E-state index in [1.54, 1.807) is 0 Å². The summed E-state index contributed by atoms with van der Waals surface area (Å²) in [6.07, 6.45) is 4.88. The zero-order chi connectivity index (χ0) is 19.3. The van der Waals surface area contributed by atoms with E-state index in [4.69, 9.17) is 4.74 Å². The number of hydrogen-bond acceptors (Lipinski definition) is 3. The van der Waals surface area contributed by atoms with Gasteiger partial charge in [-0.15, -0.1) is 0 Å². The summed E-state index contributed by atoms with van der Waals surface area (Å²) in [5.74, 6) is 0.0728. The molecule has 0 spiro atoms. The number of rotatable bonds is 4. The molecule has 1 fully saturated rings. The normalized spacial score (nSPS) is 17.3. The van der Waals surface area contributed by atoms with Crippen molar-refractivity contribution in [3.63, 3.8) is 0 Å². The maximum Gasteiger partial charge on any atom is 0.253 e. The molecular formula is C23H25N3O2. The van der Waals surface area contributed by atoms with Crippen molar-refractivity contribution in [1.82, 2.24) is 14.7 Å². The Hall–Kier alpha value is -2.92. The highest BCUT2D eigenvalue weighted by Crippen LogP contribution is 2.21. The van der Waals surface area contributed by atoms with E-state index in [0.717, 1.165) is 42.8 Å². The molecule has 5 heteroatoms. The van der Waals surface area contributed by atoms with Crippen molar-refractivity contribution >= 4 is 5.91 Å². The first-order chi connectivity index (χ1) is 13.7. The first-order valence-corrected chi connectivity index (χ1v) is 9.77. The summed E-state index contributed by atoms with van der Waals surface area (Å²) in [6.45, 7) is 4.87. The summed E-state index contributed by atoms with van der Waals surface area (Å²) < 4.78 is 7.57. The van der Waals surface area contributed by atoms with Crippen molar-refractivity contribution in [2.45, 2.75) is 26.0 Å². The van der Waals surface area contributed by atoms with E-state index in [2.05, 4.69) is 17.2 Å². The van der Waals surface area contributed by atoms with E-state index in [1.807, 2.05) is 71.4 Å². The standard InChI is InChI=1S/C23H25N3O2/c1-18-15-25(12-5-13-28-18)23(27)21-10-8-20(9-11-21)22-14-24-26(17-22)16-19-6-3-2-4-7-19/h2-4,6-11,14,17-18H,5,12-13,15-16H2,1H3/t18-/m0/s1. The Morgan fingerprint density at radius 2 is 1.89 bits per heavy atom. The van der Waals surface area contributed by atoms with Crippen LogP contribution in [0.1, 0.15) is 29.3 Å². The Kier molecular flexibility index (Phi) is 5.53. The molecule has 3 aromatic rings. The van der Waals surface area contributed by atoms with Gasteiger partial charge in [-0.25, -0.2) is 0 Å². The minimum atomic E-state index is 0.0728. The van der Waals surface area contributed by atoms with Crippen LogP contribution < -0.4 is 0 Å². The molecule has 5 nitrogen and oxygen atoms in total. The molecule has 1 saturated heterocycles. The Labute approximate surface area is 165 Å². The Bertz CT molecular complexity index is 919. The van der Waals surface area contributed by atoms with Crippen LogP contribution in [0, 0.1) is 0 Å². The largest absolute Gasteiger partial charge is 0.377 e. The van der Waals surface area contributed by atoms with Gasteiger partial charge in [0.15, 0.2) is 0 Å². The lowest BCUT2D eigenvalue weighted by Crippen LogP contribution is -2.35. The molecular weight excluding hydrogens is 350 g/mol. The lowest BCUT2D eigenvalue weighted by Gasteiger charge is -2.22. The second-order valence-corrected chi connectivity index (χ2v) is 7.28. The highest BCUT2D eigenvalue weighted by molar-refractivity contribution is 5.94. The fraction of sp³-hybridized carbons (Fsp3) is 0.304. The Balaban J connectivity index is 1.45. The molecule has 4 rings (SSSR count). The van der Waals surface area contributed by atoms with Crippen LogP contribution in [-0.2, 0) is 11.3 Å². The van der Waals surface area contributed by atoms with Gasteiger partial charge in [0.2, 0.25) is 0 Å². The van der Waals surface area contributed by atoms with Crippen molar-refractivity contribution in [1.29, 1.82) is 0 Å². The minimum Gasteiger partial charge on any atom is -0.377 e. The van der Waals surface area contributed by atoms with Gasteiger partial charge in [-0.1, -0.05) is 42.5 Å². The summed E-state index contributed by atoms with van der Waals surface area (Å²) in [5.41, 5.74) is 4.04. The predicted molar refractivity (Wildman–Crippen MR) is 109 cm³/mol. The Morgan fingerprint density at radius 3 is 2.68 bits per heavy atom. The predicted octanol–water partition coefficient (Wildman–Crippen LogP) is 3.85. The summed E-state index contributed by atoms with van der Waals surface area (Å²) in [4.78, 5) is 14.7. The SMILES string of the molecule is C[C@H]1CN(C(=O)c2ccc(-c3cnn(Cc4ccccc4)c3)cc2)CCCO1. The third-order valence-corrected chi connectivity index (χ3v) is 5.03. The van der Waals surface area contributed by atoms with Crippen LogP contribution in [0.25, 0.3) is 11.1 Å². The average Bonchev–Trinajstić information content (AvgIpc) is 3.08. The van der Waals surface area contributed by atoms with E-state index in [1.165, 1.54) is 5.56 Å². The number of nitrogens with zero attached hydrogens (tertiary/aromatic N) is 3. The molecule has 1 aliphatic heterocycles. The monoisotopic (exact) mass is 375 g/mol. The first kappa shape index (κ1) is 18.4. The van der Waals surface area contributed by atoms with Gasteiger partial charge in [0, 0.05) is 37.0 Å². The highest BCUT2D eigenvalue weighted by atomic mass is 16.5. The average molecular weight is 375 g/mol. The topological polar surface area (TPSA) is 47.4 Å². The van der Waals surface area contributed by atoms with Crippen LogP contribution >= 0.6 is 0 Å². The number of hydrogen-bond donors (Lipinski definition) is 0. The molecule has 1 atom stereocenters. The van der Waals surface area contributed by atoms with E-state index in [-0.39, 0.29) is 12.0 Å². The maximum absolute atomic E-state index is 12.8. The fourth-order valence-corrected chi connectivity index (χ4v) is 3.54. The zero-order valence-corrected chi connectivity index (χ0v) is 16.1. The van der Waals surface area contributed by atoms with Crippen LogP contribution in [0.2, 0.25) is 0 Å². The number of amides is 1. The zero-order valence-electron chi connectivity index (χ0n) is 16.1. The van der Waals surface area contributed by atoms with E-state index < -0.39 is 0 Å². The number of carbonyl (C=O) groups is 1. The number of ether oxygens (including phenoxy) is 1. The van der Waals surface area contributed by atoms with E-state index in [0.29, 0.717) is 6.54 Å². The van der Waals surface area contributed by atoms with Crippen LogP contribution in [0.4, 0.5) is 0 Å². The molecule has 0 aliphatic carbocycles. The summed E-state index contributed by atoms with van der Waals surface area (Å²) in [6, 6.07) is 18.1. The van der Waals surface area contributed by atoms with Crippen molar-refractivity contribution in [3.8, 4) is 11.1 Å². The van der Waals surface area contributed by atoms with Gasteiger partial charge in [-0.2, -0.15) is 5.10 Å². The van der Waals surface area contributed by atoms with Crippen LogP contribution in [0.5, 0.6) is 0 Å². The molecule has 0 bridgehead atoms. The third-order valence-electron chi connectivity index (χ3n) is 5.03. The van der Waals surface area contributed by atoms with Crippen molar-refractivity contribution in [3.05, 3.63) is 78.1 Å². The molecule has 144 valence electrons. The first-order valence-electron chi connectivity index (χ1n) is 9.77. The highest BCUT2D eigenvalue weighted by Gasteiger charge is 2.21. The molecule has 2 aromatic carbocycles. The minimum absolute atomic E-state index is 0.0728. The molecule has 0 radical (unpaired) electrons. The summed E-state index contributed by atoms with van der Waals surface area (Å²) >= 11 is 0. The quantitative estimate of drug-likeness (QED) is 0.696. The van der Waals surface area contributed by atoms with Crippen LogP contribution in [0.15, 0.2) is 67.0 Å². The van der Waals surface area contributed by atoms with E-state index >= 15 is 0 Å². The molecule has 1 amide bonds. The molecule has 1 aliphatic rings. The lowest BCUT2D eigenvalue weighted by atomic mass is 10.1. The molecule has 0 saturated carbocycles. The van der Waals surface area contributed by atoms with Crippen molar-refractivity contribution < 1.29 is 9.53 Å². The second-order valence-electron chi connectivity index (χ2n) is 7.28. The third kappa shape index (κ3) is 4.31. The number of aromatic nitrogens is 2. The molecule has 2 heterocycles. The van der Waals surface area contributed by atoms with Gasteiger partial charge in [-0.3, -0.25) is 9.48 Å². The number of carbonyl (C=O) groups excluding carboxylic acids is 1. The van der Waals surface area contributed by atoms with Gasteiger partial charge >= 0.3 is 0 Å². The van der Waals surface area contributed by atoms with Gasteiger partial charge in [0.05, 0.1) is 18.8 Å². The molecule has 0 unspecified atom stereocenters. The Morgan fingerprint density at radius 1 is 1.11 bits per heavy atom. The summed E-state index contributed by atoms with van der Waals surface area (Å²) in [5, 5.41) is 4.47. The van der Waals surface area contributed by atoms with Crippen molar-refractivity contribution in [2.75, 3.05) is 19.7 Å².